The first-order valence-corrected chi connectivity index (χ1v) is 21.9. The molecule has 0 aliphatic heterocycles. The fourth-order valence-corrected chi connectivity index (χ4v) is 11.5. The van der Waals surface area contributed by atoms with Gasteiger partial charge in [0.2, 0.25) is 0 Å². The lowest BCUT2D eigenvalue weighted by Crippen LogP contribution is -1.86. The predicted octanol–water partition coefficient (Wildman–Crippen LogP) is 17.6. The summed E-state index contributed by atoms with van der Waals surface area (Å²) in [6.45, 7) is 0. The number of hydrogen-bond donors (Lipinski definition) is 0. The summed E-state index contributed by atoms with van der Waals surface area (Å²) in [5.41, 5.74) is 9.97. The summed E-state index contributed by atoms with van der Waals surface area (Å²) < 4.78 is 2.65. The van der Waals surface area contributed by atoms with E-state index in [0.717, 1.165) is 0 Å². The third kappa shape index (κ3) is 5.31. The molecule has 1 heterocycles. The highest BCUT2D eigenvalue weighted by molar-refractivity contribution is 7.26. The van der Waals surface area contributed by atoms with E-state index in [2.05, 4.69) is 218 Å². The van der Waals surface area contributed by atoms with Crippen LogP contribution >= 0.6 is 11.3 Å². The lowest BCUT2D eigenvalue weighted by Gasteiger charge is -2.14. The molecule has 0 unspecified atom stereocenters. The van der Waals surface area contributed by atoms with Crippen molar-refractivity contribution >= 4 is 96.1 Å². The Labute approximate surface area is 357 Å². The number of hydrogen-bond acceptors (Lipinski definition) is 1. The Morgan fingerprint density at radius 3 is 0.852 bits per heavy atom. The van der Waals surface area contributed by atoms with E-state index in [1.165, 1.54) is 129 Å². The molecule has 1 aromatic heterocycles. The summed E-state index contributed by atoms with van der Waals surface area (Å²) in [5.74, 6) is 0. The molecule has 13 aromatic rings. The first kappa shape index (κ1) is 34.3. The fraction of sp³-hybridized carbons (Fsp3) is 0. The highest BCUT2D eigenvalue weighted by atomic mass is 32.1. The van der Waals surface area contributed by atoms with E-state index >= 15 is 0 Å². The Kier molecular flexibility index (Phi) is 7.58. The molecule has 0 aliphatic carbocycles. The first-order valence-electron chi connectivity index (χ1n) is 21.1. The molecule has 12 aromatic carbocycles. The Morgan fingerprint density at radius 1 is 0.180 bits per heavy atom. The van der Waals surface area contributed by atoms with Crippen molar-refractivity contribution in [2.45, 2.75) is 0 Å². The summed E-state index contributed by atoms with van der Waals surface area (Å²) in [7, 11) is 0. The predicted molar refractivity (Wildman–Crippen MR) is 266 cm³/mol. The lowest BCUT2D eigenvalue weighted by atomic mass is 9.90. The summed E-state index contributed by atoms with van der Waals surface area (Å²) in [5, 5.41) is 18.1. The van der Waals surface area contributed by atoms with Gasteiger partial charge in [0.1, 0.15) is 0 Å². The van der Waals surface area contributed by atoms with E-state index in [4.69, 9.17) is 0 Å². The Balaban J connectivity index is 1.01. The fourth-order valence-electron chi connectivity index (χ4n) is 10.1. The van der Waals surface area contributed by atoms with Gasteiger partial charge < -0.3 is 0 Å². The van der Waals surface area contributed by atoms with Crippen molar-refractivity contribution in [3.05, 3.63) is 218 Å². The van der Waals surface area contributed by atoms with Crippen molar-refractivity contribution in [3.8, 4) is 44.5 Å². The molecule has 0 spiro atoms. The number of fused-ring (bicyclic) bond motifs is 15. The van der Waals surface area contributed by atoms with Gasteiger partial charge in [-0.1, -0.05) is 194 Å². The van der Waals surface area contributed by atoms with Crippen molar-refractivity contribution in [1.29, 1.82) is 0 Å². The van der Waals surface area contributed by atoms with E-state index < -0.39 is 0 Å². The molecule has 282 valence electrons. The zero-order valence-electron chi connectivity index (χ0n) is 33.2. The van der Waals surface area contributed by atoms with Gasteiger partial charge >= 0.3 is 0 Å². The quantitative estimate of drug-likeness (QED) is 0.156. The van der Waals surface area contributed by atoms with Crippen molar-refractivity contribution < 1.29 is 0 Å². The second-order valence-electron chi connectivity index (χ2n) is 16.3. The Hall–Kier alpha value is -7.58. The number of thiophene rings is 1. The smallest absolute Gasteiger partial charge is 0.0434 e. The minimum absolute atomic E-state index is 1.23. The zero-order chi connectivity index (χ0) is 40.0. The molecular formula is C60H36S. The van der Waals surface area contributed by atoms with E-state index in [9.17, 15) is 0 Å². The second-order valence-corrected chi connectivity index (χ2v) is 17.4. The van der Waals surface area contributed by atoms with E-state index in [-0.39, 0.29) is 0 Å². The molecule has 0 radical (unpaired) electrons. The molecular weight excluding hydrogens is 753 g/mol. The highest BCUT2D eigenvalue weighted by Gasteiger charge is 2.18. The van der Waals surface area contributed by atoms with Crippen LogP contribution in [0.2, 0.25) is 0 Å². The first-order chi connectivity index (χ1) is 30.2. The van der Waals surface area contributed by atoms with Gasteiger partial charge in [-0.05, 0) is 133 Å². The van der Waals surface area contributed by atoms with Crippen LogP contribution in [0.25, 0.3) is 129 Å². The SMILES string of the molecule is c1ccc(-c2ccc3c4ccccc4c4ccc(-c5cccc6c5sc5c(-c7ccc8c9ccccc9c9ccc(-c%10ccccc%10)cc9c8c7)cccc56)cc4c3c2)cc1. The van der Waals surface area contributed by atoms with Gasteiger partial charge in [0.25, 0.3) is 0 Å². The van der Waals surface area contributed by atoms with Crippen molar-refractivity contribution in [1.82, 2.24) is 0 Å². The second kappa shape index (κ2) is 13.5. The molecule has 61 heavy (non-hydrogen) atoms. The minimum Gasteiger partial charge on any atom is -0.134 e. The van der Waals surface area contributed by atoms with Gasteiger partial charge in [-0.2, -0.15) is 0 Å². The normalized spacial score (nSPS) is 11.9. The molecule has 0 atom stereocenters. The van der Waals surface area contributed by atoms with Crippen LogP contribution in [0.5, 0.6) is 0 Å². The number of benzene rings is 12. The molecule has 0 aliphatic rings. The van der Waals surface area contributed by atoms with E-state index in [0.29, 0.717) is 0 Å². The average Bonchev–Trinajstić information content (AvgIpc) is 3.73. The van der Waals surface area contributed by atoms with Gasteiger partial charge in [0, 0.05) is 20.2 Å². The average molecular weight is 789 g/mol. The summed E-state index contributed by atoms with van der Waals surface area (Å²) >= 11 is 1.93. The van der Waals surface area contributed by atoms with Crippen molar-refractivity contribution in [2.24, 2.45) is 0 Å². The van der Waals surface area contributed by atoms with Crippen LogP contribution in [-0.4, -0.2) is 0 Å². The van der Waals surface area contributed by atoms with Gasteiger partial charge in [-0.25, -0.2) is 0 Å². The van der Waals surface area contributed by atoms with Crippen molar-refractivity contribution in [3.63, 3.8) is 0 Å². The van der Waals surface area contributed by atoms with E-state index in [1.54, 1.807) is 0 Å². The molecule has 0 fully saturated rings. The van der Waals surface area contributed by atoms with Gasteiger partial charge in [0.15, 0.2) is 0 Å². The summed E-state index contributed by atoms with van der Waals surface area (Å²) in [6.07, 6.45) is 0. The van der Waals surface area contributed by atoms with Crippen LogP contribution in [0, 0.1) is 0 Å². The third-order valence-electron chi connectivity index (χ3n) is 13.0. The lowest BCUT2D eigenvalue weighted by molar-refractivity contribution is 1.65. The largest absolute Gasteiger partial charge is 0.134 e. The molecule has 0 N–H and O–H groups in total. The summed E-state index contributed by atoms with van der Waals surface area (Å²) in [6, 6.07) is 81.2. The van der Waals surface area contributed by atoms with Crippen LogP contribution < -0.4 is 0 Å². The maximum atomic E-state index is 2.45. The van der Waals surface area contributed by atoms with Crippen molar-refractivity contribution in [2.75, 3.05) is 0 Å². The Morgan fingerprint density at radius 2 is 0.475 bits per heavy atom. The maximum absolute atomic E-state index is 2.45. The maximum Gasteiger partial charge on any atom is 0.0434 e. The van der Waals surface area contributed by atoms with Gasteiger partial charge in [-0.3, -0.25) is 0 Å². The molecule has 0 saturated carbocycles. The monoisotopic (exact) mass is 788 g/mol. The van der Waals surface area contributed by atoms with E-state index in [1.807, 2.05) is 11.3 Å². The Bertz CT molecular complexity index is 3660. The van der Waals surface area contributed by atoms with Crippen LogP contribution in [0.1, 0.15) is 0 Å². The van der Waals surface area contributed by atoms with Gasteiger partial charge in [0.05, 0.1) is 0 Å². The molecule has 0 saturated heterocycles. The van der Waals surface area contributed by atoms with Crippen LogP contribution in [0.3, 0.4) is 0 Å². The highest BCUT2D eigenvalue weighted by Crippen LogP contribution is 2.47. The molecule has 1 heteroatoms. The molecule has 0 bridgehead atoms. The minimum atomic E-state index is 1.23. The number of rotatable bonds is 4. The third-order valence-corrected chi connectivity index (χ3v) is 14.3. The van der Waals surface area contributed by atoms with Crippen LogP contribution in [0.4, 0.5) is 0 Å². The molecule has 13 rings (SSSR count). The topological polar surface area (TPSA) is 0 Å². The molecule has 0 nitrogen and oxygen atoms in total. The van der Waals surface area contributed by atoms with Crippen LogP contribution in [0.15, 0.2) is 218 Å². The standard InChI is InChI=1S/C60H36S/c1-3-13-37(14-4-1)39-25-29-49-45-17-7-9-19-47(45)51-31-27-41(35-57(51)55(49)33-39)43-21-11-23-53-54-24-12-22-44(60(54)61-59(43)53)42-28-32-52-48-20-10-8-18-46(48)50-30-26-40(34-56(50)58(52)36-42)38-15-5-2-6-16-38/h1-36H. The van der Waals surface area contributed by atoms with Gasteiger partial charge in [-0.15, -0.1) is 11.3 Å². The zero-order valence-corrected chi connectivity index (χ0v) is 34.0. The summed E-state index contributed by atoms with van der Waals surface area (Å²) in [4.78, 5) is 0. The van der Waals surface area contributed by atoms with Crippen LogP contribution in [-0.2, 0) is 0 Å². The molecule has 0 amide bonds.